The van der Waals surface area contributed by atoms with Gasteiger partial charge in [-0.3, -0.25) is 5.84 Å². The fourth-order valence-corrected chi connectivity index (χ4v) is 1.87. The number of carboxylic acids is 1. The number of benzene rings is 1. The molecule has 1 rings (SSSR count). The van der Waals surface area contributed by atoms with E-state index in [9.17, 15) is 13.2 Å². The Kier molecular flexibility index (Phi) is 4.05. The summed E-state index contributed by atoms with van der Waals surface area (Å²) in [4.78, 5) is 12.0. The first-order valence-corrected chi connectivity index (χ1v) is 6.03. The second-order valence-electron chi connectivity index (χ2n) is 3.23. The van der Waals surface area contributed by atoms with Crippen LogP contribution in [0.3, 0.4) is 0 Å². The third-order valence-corrected chi connectivity index (χ3v) is 3.15. The molecule has 0 heterocycles. The topological polar surface area (TPSA) is 119 Å². The highest BCUT2D eigenvalue weighted by atomic mass is 32.2. The predicted molar refractivity (Wildman–Crippen MR) is 58.8 cm³/mol. The third kappa shape index (κ3) is 3.41. The number of aryl methyl sites for hydroxylation is 1. The van der Waals surface area contributed by atoms with Crippen LogP contribution in [0.1, 0.15) is 5.56 Å². The maximum Gasteiger partial charge on any atom is 0.341 e. The van der Waals surface area contributed by atoms with E-state index in [0.717, 1.165) is 0 Å². The smallest absolute Gasteiger partial charge is 0.341 e. The fraction of sp³-hybridized carbons (Fsp3) is 0.222. The first-order valence-electron chi connectivity index (χ1n) is 4.54. The van der Waals surface area contributed by atoms with Crippen LogP contribution in [0, 0.1) is 6.92 Å². The maximum absolute atomic E-state index is 11.4. The van der Waals surface area contributed by atoms with Crippen molar-refractivity contribution in [2.45, 2.75) is 11.8 Å². The van der Waals surface area contributed by atoms with Gasteiger partial charge in [0.2, 0.25) is 0 Å². The molecule has 8 heteroatoms. The molecule has 1 aromatic rings. The van der Waals surface area contributed by atoms with Gasteiger partial charge in [-0.2, -0.15) is 4.83 Å². The highest BCUT2D eigenvalue weighted by Gasteiger charge is 2.13. The number of aliphatic carboxylic acids is 1. The van der Waals surface area contributed by atoms with Gasteiger partial charge in [0, 0.05) is 0 Å². The number of ether oxygens (including phenoxy) is 1. The fourth-order valence-electron chi connectivity index (χ4n) is 1.16. The van der Waals surface area contributed by atoms with Crippen LogP contribution in [0.5, 0.6) is 5.75 Å². The molecule has 0 atom stereocenters. The van der Waals surface area contributed by atoms with Crippen molar-refractivity contribution >= 4 is 16.0 Å². The maximum atomic E-state index is 11.4. The van der Waals surface area contributed by atoms with Gasteiger partial charge in [0.05, 0.1) is 4.90 Å². The molecule has 94 valence electrons. The molecule has 4 N–H and O–H groups in total. The van der Waals surface area contributed by atoms with Gasteiger partial charge in [0.25, 0.3) is 10.0 Å². The SMILES string of the molecule is Cc1cc(S(=O)(=O)NN)ccc1OCC(=O)O. The number of sulfonamides is 1. The molecule has 0 aromatic heterocycles. The van der Waals surface area contributed by atoms with Crippen molar-refractivity contribution in [3.8, 4) is 5.75 Å². The highest BCUT2D eigenvalue weighted by molar-refractivity contribution is 7.89. The molecular formula is C9H12N2O5S. The van der Waals surface area contributed by atoms with Gasteiger partial charge in [-0.05, 0) is 30.7 Å². The van der Waals surface area contributed by atoms with Gasteiger partial charge < -0.3 is 9.84 Å². The van der Waals surface area contributed by atoms with E-state index in [1.54, 1.807) is 11.8 Å². The summed E-state index contributed by atoms with van der Waals surface area (Å²) in [5.41, 5.74) is 0.502. The van der Waals surface area contributed by atoms with Crippen molar-refractivity contribution in [3.05, 3.63) is 23.8 Å². The van der Waals surface area contributed by atoms with E-state index in [4.69, 9.17) is 15.7 Å². The molecule has 0 amide bonds. The van der Waals surface area contributed by atoms with E-state index >= 15 is 0 Å². The monoisotopic (exact) mass is 260 g/mol. The zero-order valence-electron chi connectivity index (χ0n) is 9.00. The number of hydrogen-bond donors (Lipinski definition) is 3. The van der Waals surface area contributed by atoms with E-state index in [0.29, 0.717) is 11.3 Å². The van der Waals surface area contributed by atoms with Crippen molar-refractivity contribution in [1.82, 2.24) is 4.83 Å². The number of nitrogens with two attached hydrogens (primary N) is 1. The molecule has 0 spiro atoms. The molecule has 0 saturated heterocycles. The number of hydrazine groups is 1. The molecule has 0 saturated carbocycles. The highest BCUT2D eigenvalue weighted by Crippen LogP contribution is 2.21. The minimum atomic E-state index is -3.71. The minimum absolute atomic E-state index is 0.0137. The van der Waals surface area contributed by atoms with E-state index in [1.165, 1.54) is 18.2 Å². The van der Waals surface area contributed by atoms with Crippen LogP contribution < -0.4 is 15.4 Å². The summed E-state index contributed by atoms with van der Waals surface area (Å²) in [6.45, 7) is 1.12. The van der Waals surface area contributed by atoms with Gasteiger partial charge >= 0.3 is 5.97 Å². The quantitative estimate of drug-likeness (QED) is 0.490. The molecule has 7 nitrogen and oxygen atoms in total. The number of nitrogens with one attached hydrogen (secondary N) is 1. The van der Waals surface area contributed by atoms with Gasteiger partial charge in [-0.1, -0.05) is 0 Å². The predicted octanol–water partition coefficient (Wildman–Crippen LogP) is -0.390. The van der Waals surface area contributed by atoms with E-state index in [2.05, 4.69) is 0 Å². The first kappa shape index (κ1) is 13.4. The summed E-state index contributed by atoms with van der Waals surface area (Å²) in [5.74, 6) is 4.08. The largest absolute Gasteiger partial charge is 0.482 e. The number of carboxylic acid groups (broad SMARTS) is 1. The summed E-state index contributed by atoms with van der Waals surface area (Å²) in [6.07, 6.45) is 0. The van der Waals surface area contributed by atoms with Crippen molar-refractivity contribution in [1.29, 1.82) is 0 Å². The van der Waals surface area contributed by atoms with Crippen LogP contribution in [0.4, 0.5) is 0 Å². The Balaban J connectivity index is 2.98. The Hall–Kier alpha value is -1.64. The Morgan fingerprint density at radius 2 is 2.18 bits per heavy atom. The molecular weight excluding hydrogens is 248 g/mol. The van der Waals surface area contributed by atoms with Crippen LogP contribution in [0.2, 0.25) is 0 Å². The molecule has 0 unspecified atom stereocenters. The number of carbonyl (C=O) groups is 1. The zero-order valence-corrected chi connectivity index (χ0v) is 9.82. The van der Waals surface area contributed by atoms with Crippen LogP contribution in [-0.2, 0) is 14.8 Å². The first-order chi connectivity index (χ1) is 7.86. The van der Waals surface area contributed by atoms with Crippen LogP contribution in [0.25, 0.3) is 0 Å². The zero-order chi connectivity index (χ0) is 13.1. The summed E-state index contributed by atoms with van der Waals surface area (Å²) in [7, 11) is -3.71. The molecule has 0 aliphatic rings. The molecule has 0 aliphatic heterocycles. The molecule has 0 bridgehead atoms. The van der Waals surface area contributed by atoms with Crippen LogP contribution >= 0.6 is 0 Å². The van der Waals surface area contributed by atoms with Crippen molar-refractivity contribution in [2.75, 3.05) is 6.61 Å². The van der Waals surface area contributed by atoms with Crippen molar-refractivity contribution < 1.29 is 23.1 Å². The summed E-state index contributed by atoms with van der Waals surface area (Å²) < 4.78 is 27.7. The van der Waals surface area contributed by atoms with Gasteiger partial charge in [-0.25, -0.2) is 13.2 Å². The average molecular weight is 260 g/mol. The molecule has 17 heavy (non-hydrogen) atoms. The lowest BCUT2D eigenvalue weighted by atomic mass is 10.2. The van der Waals surface area contributed by atoms with Crippen molar-refractivity contribution in [2.24, 2.45) is 5.84 Å². The summed E-state index contributed by atoms with van der Waals surface area (Å²) >= 11 is 0. The van der Waals surface area contributed by atoms with Crippen LogP contribution in [0.15, 0.2) is 23.1 Å². The Morgan fingerprint density at radius 1 is 1.53 bits per heavy atom. The Morgan fingerprint density at radius 3 is 2.65 bits per heavy atom. The summed E-state index contributed by atoms with van der Waals surface area (Å²) in [6, 6.07) is 3.99. The minimum Gasteiger partial charge on any atom is -0.482 e. The molecule has 0 fully saturated rings. The van der Waals surface area contributed by atoms with Gasteiger partial charge in [0.1, 0.15) is 5.75 Å². The lowest BCUT2D eigenvalue weighted by molar-refractivity contribution is -0.139. The lowest BCUT2D eigenvalue weighted by Gasteiger charge is -2.09. The second kappa shape index (κ2) is 5.13. The normalized spacial score (nSPS) is 11.2. The summed E-state index contributed by atoms with van der Waals surface area (Å²) in [5, 5.41) is 8.44. The van der Waals surface area contributed by atoms with Gasteiger partial charge in [0.15, 0.2) is 6.61 Å². The van der Waals surface area contributed by atoms with E-state index in [1.807, 2.05) is 0 Å². The number of hydrogen-bond acceptors (Lipinski definition) is 5. The van der Waals surface area contributed by atoms with Gasteiger partial charge in [-0.15, -0.1) is 0 Å². The average Bonchev–Trinajstić information content (AvgIpc) is 2.27. The van der Waals surface area contributed by atoms with E-state index in [-0.39, 0.29) is 4.90 Å². The second-order valence-corrected chi connectivity index (χ2v) is 4.94. The molecule has 0 aliphatic carbocycles. The standard InChI is InChI=1S/C9H12N2O5S/c1-6-4-7(17(14,15)11-10)2-3-8(6)16-5-9(12)13/h2-4,11H,5,10H2,1H3,(H,12,13). The van der Waals surface area contributed by atoms with Crippen molar-refractivity contribution in [3.63, 3.8) is 0 Å². The lowest BCUT2D eigenvalue weighted by Crippen LogP contribution is -2.30. The Bertz CT molecular complexity index is 526. The molecule has 0 radical (unpaired) electrons. The third-order valence-electron chi connectivity index (χ3n) is 1.96. The van der Waals surface area contributed by atoms with Crippen LogP contribution in [-0.4, -0.2) is 26.1 Å². The van der Waals surface area contributed by atoms with E-state index < -0.39 is 22.6 Å². The number of rotatable bonds is 5. The Labute approximate surface area is 98.2 Å². The molecule has 1 aromatic carbocycles.